The van der Waals surface area contributed by atoms with Gasteiger partial charge in [-0.25, -0.2) is 5.32 Å². The fourth-order valence-electron chi connectivity index (χ4n) is 1.49. The lowest BCUT2D eigenvalue weighted by Crippen LogP contribution is -2.32. The quantitative estimate of drug-likeness (QED) is 0.516. The predicted molar refractivity (Wildman–Crippen MR) is 39.8 cm³/mol. The van der Waals surface area contributed by atoms with E-state index in [1.165, 1.54) is 12.8 Å². The lowest BCUT2D eigenvalue weighted by molar-refractivity contribution is 0.207. The fourth-order valence-corrected chi connectivity index (χ4v) is 1.49. The normalized spacial score (nSPS) is 32.0. The molecule has 3 nitrogen and oxygen atoms in total. The Balaban J connectivity index is 1.91. The van der Waals surface area contributed by atoms with Gasteiger partial charge in [-0.05, 0) is 12.8 Å². The number of nitrogens with zero attached hydrogens (tertiary/aromatic N) is 3. The summed E-state index contributed by atoms with van der Waals surface area (Å²) in [6.45, 7) is 2.12. The average Bonchev–Trinajstić information content (AvgIpc) is 2.59. The van der Waals surface area contributed by atoms with Crippen molar-refractivity contribution in [1.29, 1.82) is 0 Å². The molecule has 2 aliphatic rings. The van der Waals surface area contributed by atoms with Crippen molar-refractivity contribution in [1.82, 2.24) is 10.3 Å². The Morgan fingerprint density at radius 1 is 1.50 bits per heavy atom. The van der Waals surface area contributed by atoms with E-state index in [9.17, 15) is 0 Å². The highest BCUT2D eigenvalue weighted by Gasteiger charge is 2.22. The summed E-state index contributed by atoms with van der Waals surface area (Å²) in [6, 6.07) is 0. The Morgan fingerprint density at radius 3 is 3.10 bits per heavy atom. The Kier molecular flexibility index (Phi) is 1.59. The molecule has 0 amide bonds. The first-order valence-electron chi connectivity index (χ1n) is 3.92. The lowest BCUT2D eigenvalue weighted by atomic mass is 10.3. The van der Waals surface area contributed by atoms with E-state index in [1.807, 2.05) is 6.21 Å². The van der Waals surface area contributed by atoms with Gasteiger partial charge in [0.2, 0.25) is 0 Å². The molecule has 0 aromatic carbocycles. The molecule has 2 aliphatic heterocycles. The van der Waals surface area contributed by atoms with E-state index in [-0.39, 0.29) is 0 Å². The first-order chi connectivity index (χ1) is 4.97. The summed E-state index contributed by atoms with van der Waals surface area (Å²) in [4.78, 5) is 0. The van der Waals surface area contributed by atoms with Crippen molar-refractivity contribution in [2.45, 2.75) is 25.4 Å². The lowest BCUT2D eigenvalue weighted by Gasteiger charge is -2.20. The van der Waals surface area contributed by atoms with Crippen molar-refractivity contribution in [3.63, 3.8) is 0 Å². The van der Waals surface area contributed by atoms with E-state index in [0.717, 1.165) is 19.5 Å². The molecule has 10 heavy (non-hydrogen) atoms. The SMILES string of the molecule is C1=NN(C2CCC[N]2)CC1. The highest BCUT2D eigenvalue weighted by Crippen LogP contribution is 2.14. The fraction of sp³-hybridized carbons (Fsp3) is 0.857. The van der Waals surface area contributed by atoms with E-state index in [4.69, 9.17) is 0 Å². The van der Waals surface area contributed by atoms with Gasteiger partial charge >= 0.3 is 0 Å². The second-order valence-corrected chi connectivity index (χ2v) is 2.78. The molecule has 55 valence electrons. The number of hydrogen-bond donors (Lipinski definition) is 0. The molecular formula is C7H12N3. The maximum Gasteiger partial charge on any atom is 0.112 e. The van der Waals surface area contributed by atoms with Crippen LogP contribution in [0.5, 0.6) is 0 Å². The van der Waals surface area contributed by atoms with E-state index in [2.05, 4.69) is 15.4 Å². The van der Waals surface area contributed by atoms with Crippen LogP contribution in [0.2, 0.25) is 0 Å². The molecule has 0 aliphatic carbocycles. The molecule has 2 heterocycles. The number of hydrogen-bond acceptors (Lipinski definition) is 2. The molecule has 1 fully saturated rings. The van der Waals surface area contributed by atoms with E-state index >= 15 is 0 Å². The summed E-state index contributed by atoms with van der Waals surface area (Å²) < 4.78 is 0. The van der Waals surface area contributed by atoms with Crippen LogP contribution >= 0.6 is 0 Å². The first-order valence-corrected chi connectivity index (χ1v) is 3.92. The van der Waals surface area contributed by atoms with Crippen LogP contribution < -0.4 is 5.32 Å². The van der Waals surface area contributed by atoms with Crippen LogP contribution in [0.3, 0.4) is 0 Å². The molecule has 0 N–H and O–H groups in total. The predicted octanol–water partition coefficient (Wildman–Crippen LogP) is 0.402. The minimum Gasteiger partial charge on any atom is -0.278 e. The van der Waals surface area contributed by atoms with Crippen LogP contribution in [-0.4, -0.2) is 30.5 Å². The third-order valence-electron chi connectivity index (χ3n) is 2.02. The second kappa shape index (κ2) is 2.58. The van der Waals surface area contributed by atoms with Gasteiger partial charge in [0.15, 0.2) is 0 Å². The van der Waals surface area contributed by atoms with Crippen molar-refractivity contribution >= 4 is 6.21 Å². The van der Waals surface area contributed by atoms with Crippen LogP contribution in [0, 0.1) is 0 Å². The first kappa shape index (κ1) is 6.16. The van der Waals surface area contributed by atoms with Gasteiger partial charge in [0.05, 0.1) is 0 Å². The molecule has 3 heteroatoms. The second-order valence-electron chi connectivity index (χ2n) is 2.78. The Morgan fingerprint density at radius 2 is 2.50 bits per heavy atom. The van der Waals surface area contributed by atoms with Crippen molar-refractivity contribution in [2.75, 3.05) is 13.1 Å². The maximum atomic E-state index is 4.43. The van der Waals surface area contributed by atoms with Gasteiger partial charge in [0.25, 0.3) is 0 Å². The summed E-state index contributed by atoms with van der Waals surface area (Å²) >= 11 is 0. The van der Waals surface area contributed by atoms with Gasteiger partial charge in [-0.2, -0.15) is 5.10 Å². The molecule has 0 bridgehead atoms. The van der Waals surface area contributed by atoms with Gasteiger partial charge in [0, 0.05) is 25.7 Å². The highest BCUT2D eigenvalue weighted by molar-refractivity contribution is 5.58. The van der Waals surface area contributed by atoms with Crippen molar-refractivity contribution in [2.24, 2.45) is 5.10 Å². The maximum absolute atomic E-state index is 4.43. The summed E-state index contributed by atoms with van der Waals surface area (Å²) in [5.41, 5.74) is 0. The standard InChI is InChI=1S/C7H12N3/c1-3-7(8-4-1)10-6-2-5-9-10/h5,7H,1-4,6H2. The molecule has 0 saturated carbocycles. The molecule has 1 atom stereocenters. The average molecular weight is 138 g/mol. The monoisotopic (exact) mass is 138 g/mol. The zero-order valence-corrected chi connectivity index (χ0v) is 6.03. The van der Waals surface area contributed by atoms with Crippen molar-refractivity contribution in [3.8, 4) is 0 Å². The van der Waals surface area contributed by atoms with Gasteiger partial charge in [0.1, 0.15) is 6.17 Å². The highest BCUT2D eigenvalue weighted by atomic mass is 15.5. The minimum absolute atomic E-state index is 0.416. The molecule has 1 radical (unpaired) electrons. The summed E-state index contributed by atoms with van der Waals surface area (Å²) in [5, 5.41) is 10.8. The van der Waals surface area contributed by atoms with Crippen LogP contribution in [-0.2, 0) is 0 Å². The molecule has 0 spiro atoms. The molecule has 0 aromatic heterocycles. The van der Waals surface area contributed by atoms with Gasteiger partial charge in [-0.1, -0.05) is 0 Å². The molecule has 1 saturated heterocycles. The zero-order valence-electron chi connectivity index (χ0n) is 6.03. The Bertz CT molecular complexity index is 138. The Hall–Kier alpha value is -0.570. The van der Waals surface area contributed by atoms with Crippen LogP contribution in [0.25, 0.3) is 0 Å². The molecule has 2 rings (SSSR count). The molecular weight excluding hydrogens is 126 g/mol. The summed E-state index contributed by atoms with van der Waals surface area (Å²) in [6.07, 6.45) is 5.95. The molecule has 1 unspecified atom stereocenters. The van der Waals surface area contributed by atoms with Gasteiger partial charge in [-0.15, -0.1) is 0 Å². The number of hydrazone groups is 1. The smallest absolute Gasteiger partial charge is 0.112 e. The van der Waals surface area contributed by atoms with Crippen LogP contribution in [0.15, 0.2) is 5.10 Å². The van der Waals surface area contributed by atoms with E-state index in [0.29, 0.717) is 6.17 Å². The van der Waals surface area contributed by atoms with E-state index in [1.54, 1.807) is 0 Å². The summed E-state index contributed by atoms with van der Waals surface area (Å²) in [5.74, 6) is 0. The third kappa shape index (κ3) is 1.01. The van der Waals surface area contributed by atoms with E-state index < -0.39 is 0 Å². The summed E-state index contributed by atoms with van der Waals surface area (Å²) in [7, 11) is 0. The van der Waals surface area contributed by atoms with Crippen LogP contribution in [0.1, 0.15) is 19.3 Å². The van der Waals surface area contributed by atoms with Gasteiger partial charge < -0.3 is 0 Å². The van der Waals surface area contributed by atoms with Crippen molar-refractivity contribution in [3.05, 3.63) is 0 Å². The van der Waals surface area contributed by atoms with Crippen LogP contribution in [0.4, 0.5) is 0 Å². The van der Waals surface area contributed by atoms with Gasteiger partial charge in [-0.3, -0.25) is 5.01 Å². The van der Waals surface area contributed by atoms with Crippen molar-refractivity contribution < 1.29 is 0 Å². The third-order valence-corrected chi connectivity index (χ3v) is 2.02. The molecule has 0 aromatic rings. The Labute approximate surface area is 61.1 Å². The topological polar surface area (TPSA) is 29.7 Å². The minimum atomic E-state index is 0.416. The zero-order chi connectivity index (χ0) is 6.81. The largest absolute Gasteiger partial charge is 0.278 e. The number of rotatable bonds is 1.